The third kappa shape index (κ3) is 6.20. The van der Waals surface area contributed by atoms with Gasteiger partial charge in [-0.1, -0.05) is 11.2 Å². The summed E-state index contributed by atoms with van der Waals surface area (Å²) in [7, 11) is -2.62. The SMILES string of the molecule is COc1cccc(-c2nnc(NS(=O)(=O)C(C)C(OC(C)C)c3ncc(C)cn3)n2[C@@H](C)c2noc(C)n2)n1. The molecule has 0 fully saturated rings. The van der Waals surface area contributed by atoms with Crippen LogP contribution in [0.15, 0.2) is 35.1 Å². The normalized spacial score (nSPS) is 14.3. The number of hydrogen-bond acceptors (Lipinski definition) is 12. The number of ether oxygens (including phenoxy) is 2. The second-order valence-electron chi connectivity index (χ2n) is 9.21. The highest BCUT2D eigenvalue weighted by atomic mass is 32.2. The summed E-state index contributed by atoms with van der Waals surface area (Å²) in [5, 5.41) is 11.3. The fraction of sp³-hybridized carbons (Fsp3) is 0.458. The standard InChI is InChI=1S/C24H31N9O5S/c1-13(2)37-20(22-25-11-14(3)12-26-22)16(5)39(34,35)32-24-30-29-23(18-9-8-10-19(28-18)36-7)33(24)15(4)21-27-17(6)38-31-21/h8-13,15-16,20H,1-7H3,(H,30,32)/t15-,16?,20?/m0/s1. The number of rotatable bonds is 11. The Morgan fingerprint density at radius 2 is 1.72 bits per heavy atom. The number of hydrogen-bond donors (Lipinski definition) is 1. The molecule has 1 N–H and O–H groups in total. The fourth-order valence-corrected chi connectivity index (χ4v) is 4.85. The molecule has 3 atom stereocenters. The van der Waals surface area contributed by atoms with Gasteiger partial charge >= 0.3 is 0 Å². The van der Waals surface area contributed by atoms with E-state index in [4.69, 9.17) is 14.0 Å². The summed E-state index contributed by atoms with van der Waals surface area (Å²) < 4.78 is 47.9. The van der Waals surface area contributed by atoms with E-state index in [1.54, 1.807) is 44.4 Å². The number of nitrogens with zero attached hydrogens (tertiary/aromatic N) is 8. The minimum Gasteiger partial charge on any atom is -0.481 e. The third-order valence-corrected chi connectivity index (χ3v) is 7.48. The number of methoxy groups -OCH3 is 1. The fourth-order valence-electron chi connectivity index (χ4n) is 3.76. The van der Waals surface area contributed by atoms with Crippen molar-refractivity contribution in [3.8, 4) is 17.4 Å². The molecular formula is C24H31N9O5S. The average Bonchev–Trinajstić information content (AvgIpc) is 3.53. The average molecular weight is 558 g/mol. The molecule has 0 amide bonds. The van der Waals surface area contributed by atoms with Crippen molar-refractivity contribution in [3.05, 3.63) is 53.7 Å². The summed E-state index contributed by atoms with van der Waals surface area (Å²) in [6.45, 7) is 10.4. The zero-order chi connectivity index (χ0) is 28.3. The van der Waals surface area contributed by atoms with Crippen LogP contribution in [0.1, 0.15) is 62.9 Å². The van der Waals surface area contributed by atoms with Crippen molar-refractivity contribution in [2.75, 3.05) is 11.8 Å². The van der Waals surface area contributed by atoms with Gasteiger partial charge in [0.2, 0.25) is 27.7 Å². The van der Waals surface area contributed by atoms with Crippen molar-refractivity contribution in [3.63, 3.8) is 0 Å². The minimum absolute atomic E-state index is 0.0652. The lowest BCUT2D eigenvalue weighted by Gasteiger charge is -2.25. The van der Waals surface area contributed by atoms with Crippen molar-refractivity contribution in [2.24, 2.45) is 0 Å². The van der Waals surface area contributed by atoms with Gasteiger partial charge in [-0.25, -0.2) is 23.4 Å². The summed E-state index contributed by atoms with van der Waals surface area (Å²) in [6.07, 6.45) is 2.00. The van der Waals surface area contributed by atoms with Gasteiger partial charge in [-0.3, -0.25) is 9.29 Å². The second kappa shape index (κ2) is 11.4. The Morgan fingerprint density at radius 3 is 2.33 bits per heavy atom. The molecule has 0 aliphatic carbocycles. The van der Waals surface area contributed by atoms with Crippen LogP contribution in [0.2, 0.25) is 0 Å². The molecule has 4 heterocycles. The molecule has 15 heteroatoms. The molecule has 4 aromatic rings. The van der Waals surface area contributed by atoms with Crippen LogP contribution in [0.4, 0.5) is 5.95 Å². The Balaban J connectivity index is 1.75. The quantitative estimate of drug-likeness (QED) is 0.286. The van der Waals surface area contributed by atoms with Gasteiger partial charge in [0.25, 0.3) is 0 Å². The molecule has 2 unspecified atom stereocenters. The Labute approximate surface area is 226 Å². The minimum atomic E-state index is -4.12. The van der Waals surface area contributed by atoms with Gasteiger partial charge in [-0.2, -0.15) is 4.98 Å². The Hall–Kier alpha value is -3.98. The number of aryl methyl sites for hydroxylation is 2. The van der Waals surface area contributed by atoms with Crippen LogP contribution in [0.5, 0.6) is 5.88 Å². The van der Waals surface area contributed by atoms with Crippen molar-refractivity contribution in [1.29, 1.82) is 0 Å². The highest BCUT2D eigenvalue weighted by Crippen LogP contribution is 2.31. The molecule has 0 saturated carbocycles. The second-order valence-corrected chi connectivity index (χ2v) is 11.2. The maximum atomic E-state index is 13.7. The molecule has 208 valence electrons. The first kappa shape index (κ1) is 28.0. The van der Waals surface area contributed by atoms with Crippen LogP contribution in [-0.4, -0.2) is 66.7 Å². The Morgan fingerprint density at radius 1 is 1.00 bits per heavy atom. The highest BCUT2D eigenvalue weighted by molar-refractivity contribution is 7.93. The molecule has 4 rings (SSSR count). The van der Waals surface area contributed by atoms with E-state index in [-0.39, 0.29) is 23.7 Å². The molecular weight excluding hydrogens is 526 g/mol. The lowest BCUT2D eigenvalue weighted by Crippen LogP contribution is -2.35. The van der Waals surface area contributed by atoms with Crippen LogP contribution >= 0.6 is 0 Å². The molecule has 39 heavy (non-hydrogen) atoms. The predicted octanol–water partition coefficient (Wildman–Crippen LogP) is 3.04. The summed E-state index contributed by atoms with van der Waals surface area (Å²) in [5.41, 5.74) is 1.25. The maximum Gasteiger partial charge on any atom is 0.240 e. The first-order valence-corrected chi connectivity index (χ1v) is 13.8. The number of anilines is 1. The first-order valence-electron chi connectivity index (χ1n) is 12.2. The van der Waals surface area contributed by atoms with Crippen LogP contribution < -0.4 is 9.46 Å². The smallest absolute Gasteiger partial charge is 0.240 e. The zero-order valence-electron chi connectivity index (χ0n) is 22.7. The lowest BCUT2D eigenvalue weighted by molar-refractivity contribution is 0.00152. The van der Waals surface area contributed by atoms with E-state index in [2.05, 4.69) is 40.0 Å². The molecule has 0 spiro atoms. The lowest BCUT2D eigenvalue weighted by atomic mass is 10.2. The van der Waals surface area contributed by atoms with E-state index < -0.39 is 27.4 Å². The topological polar surface area (TPSA) is 173 Å². The Bertz CT molecular complexity index is 1520. The van der Waals surface area contributed by atoms with Gasteiger partial charge in [0.05, 0.1) is 19.3 Å². The van der Waals surface area contributed by atoms with E-state index in [0.717, 1.165) is 5.56 Å². The van der Waals surface area contributed by atoms with Crippen LogP contribution in [0.25, 0.3) is 11.5 Å². The third-order valence-electron chi connectivity index (χ3n) is 5.79. The summed E-state index contributed by atoms with van der Waals surface area (Å²) in [6, 6.07) is 4.50. The van der Waals surface area contributed by atoms with Gasteiger partial charge < -0.3 is 14.0 Å². The predicted molar refractivity (Wildman–Crippen MR) is 140 cm³/mol. The highest BCUT2D eigenvalue weighted by Gasteiger charge is 2.36. The number of pyridine rings is 1. The van der Waals surface area contributed by atoms with E-state index >= 15 is 0 Å². The van der Waals surface area contributed by atoms with Gasteiger partial charge in [-0.15, -0.1) is 10.2 Å². The van der Waals surface area contributed by atoms with Gasteiger partial charge in [-0.05, 0) is 46.2 Å². The van der Waals surface area contributed by atoms with Gasteiger partial charge in [0.1, 0.15) is 17.0 Å². The summed E-state index contributed by atoms with van der Waals surface area (Å²) >= 11 is 0. The number of aromatic nitrogens is 8. The Kier molecular flexibility index (Phi) is 8.20. The van der Waals surface area contributed by atoms with Crippen molar-refractivity contribution >= 4 is 16.0 Å². The van der Waals surface area contributed by atoms with E-state index in [1.165, 1.54) is 18.6 Å². The molecule has 0 aliphatic heterocycles. The molecule has 0 saturated heterocycles. The van der Waals surface area contributed by atoms with Crippen LogP contribution in [0, 0.1) is 13.8 Å². The van der Waals surface area contributed by atoms with E-state index in [0.29, 0.717) is 23.3 Å². The first-order chi connectivity index (χ1) is 18.5. The molecule has 0 bridgehead atoms. The van der Waals surface area contributed by atoms with Gasteiger partial charge in [0, 0.05) is 25.4 Å². The molecule has 0 radical (unpaired) electrons. The summed E-state index contributed by atoms with van der Waals surface area (Å²) in [5.74, 6) is 1.47. The monoisotopic (exact) mass is 557 g/mol. The van der Waals surface area contributed by atoms with Crippen LogP contribution in [-0.2, 0) is 14.8 Å². The maximum absolute atomic E-state index is 13.7. The zero-order valence-corrected chi connectivity index (χ0v) is 23.5. The summed E-state index contributed by atoms with van der Waals surface area (Å²) in [4.78, 5) is 17.4. The largest absolute Gasteiger partial charge is 0.481 e. The van der Waals surface area contributed by atoms with Crippen molar-refractivity contribution in [2.45, 2.75) is 65.0 Å². The van der Waals surface area contributed by atoms with E-state index in [9.17, 15) is 8.42 Å². The van der Waals surface area contributed by atoms with Gasteiger partial charge in [0.15, 0.2) is 17.5 Å². The van der Waals surface area contributed by atoms with Crippen molar-refractivity contribution < 1.29 is 22.4 Å². The number of nitrogens with one attached hydrogen (secondary N) is 1. The molecule has 0 aliphatic rings. The molecule has 0 aromatic carbocycles. The molecule has 4 aromatic heterocycles. The van der Waals surface area contributed by atoms with Crippen LogP contribution in [0.3, 0.4) is 0 Å². The van der Waals surface area contributed by atoms with E-state index in [1.807, 2.05) is 20.8 Å². The number of sulfonamides is 1. The van der Waals surface area contributed by atoms with Crippen molar-refractivity contribution in [1.82, 2.24) is 39.9 Å². The molecule has 14 nitrogen and oxygen atoms in total.